The molecule has 3 rings (SSSR count). The number of amides is 1. The summed E-state index contributed by atoms with van der Waals surface area (Å²) in [5.74, 6) is -1.14. The second-order valence-corrected chi connectivity index (χ2v) is 7.77. The fraction of sp³-hybridized carbons (Fsp3) is 0.259. The SMILES string of the molecule is COC(=O)C(C)c1ccc(-c2cccc(OC(=O)NCCCCc3ccccc3)c2)c(F)c1. The Morgan fingerprint density at radius 1 is 0.970 bits per heavy atom. The number of carbonyl (C=O) groups excluding carboxylic acids is 2. The largest absolute Gasteiger partial charge is 0.469 e. The first-order valence-corrected chi connectivity index (χ1v) is 10.9. The normalized spacial score (nSPS) is 11.5. The van der Waals surface area contributed by atoms with Gasteiger partial charge in [0.15, 0.2) is 0 Å². The average Bonchev–Trinajstić information content (AvgIpc) is 2.83. The molecule has 1 unspecified atom stereocenters. The molecule has 0 spiro atoms. The van der Waals surface area contributed by atoms with Gasteiger partial charge in [0.25, 0.3) is 0 Å². The second kappa shape index (κ2) is 11.8. The number of methoxy groups -OCH3 is 1. The molecule has 0 aliphatic rings. The van der Waals surface area contributed by atoms with E-state index in [0.29, 0.717) is 29.0 Å². The molecule has 6 heteroatoms. The van der Waals surface area contributed by atoms with E-state index in [1.807, 2.05) is 18.2 Å². The van der Waals surface area contributed by atoms with Crippen molar-refractivity contribution in [3.63, 3.8) is 0 Å². The first kappa shape index (κ1) is 24.0. The van der Waals surface area contributed by atoms with Crippen LogP contribution in [0.15, 0.2) is 72.8 Å². The molecule has 0 bridgehead atoms. The maximum absolute atomic E-state index is 14.7. The number of aryl methyl sites for hydroxylation is 1. The molecule has 5 nitrogen and oxygen atoms in total. The smallest absolute Gasteiger partial charge is 0.412 e. The van der Waals surface area contributed by atoms with Gasteiger partial charge in [-0.1, -0.05) is 54.6 Å². The summed E-state index contributed by atoms with van der Waals surface area (Å²) in [6.07, 6.45) is 2.21. The Morgan fingerprint density at radius 2 is 1.76 bits per heavy atom. The van der Waals surface area contributed by atoms with E-state index in [-0.39, 0.29) is 0 Å². The molecule has 0 aromatic heterocycles. The van der Waals surface area contributed by atoms with Gasteiger partial charge in [0.2, 0.25) is 0 Å². The van der Waals surface area contributed by atoms with Crippen molar-refractivity contribution in [3.05, 3.63) is 89.7 Å². The van der Waals surface area contributed by atoms with Gasteiger partial charge in [-0.3, -0.25) is 4.79 Å². The number of hydrogen-bond acceptors (Lipinski definition) is 4. The van der Waals surface area contributed by atoms with E-state index in [2.05, 4.69) is 17.4 Å². The van der Waals surface area contributed by atoms with E-state index in [9.17, 15) is 14.0 Å². The van der Waals surface area contributed by atoms with Gasteiger partial charge in [0, 0.05) is 12.1 Å². The van der Waals surface area contributed by atoms with Crippen molar-refractivity contribution >= 4 is 12.1 Å². The molecule has 1 atom stereocenters. The van der Waals surface area contributed by atoms with E-state index in [1.54, 1.807) is 43.3 Å². The van der Waals surface area contributed by atoms with Gasteiger partial charge in [-0.2, -0.15) is 0 Å². The lowest BCUT2D eigenvalue weighted by Crippen LogP contribution is -2.27. The predicted molar refractivity (Wildman–Crippen MR) is 126 cm³/mol. The molecule has 0 heterocycles. The van der Waals surface area contributed by atoms with Gasteiger partial charge in [0.1, 0.15) is 11.6 Å². The average molecular weight is 450 g/mol. The molecule has 0 aliphatic carbocycles. The van der Waals surface area contributed by atoms with Crippen LogP contribution < -0.4 is 10.1 Å². The lowest BCUT2D eigenvalue weighted by atomic mass is 9.97. The summed E-state index contributed by atoms with van der Waals surface area (Å²) in [5, 5.41) is 2.75. The number of ether oxygens (including phenoxy) is 2. The summed E-state index contributed by atoms with van der Waals surface area (Å²) in [7, 11) is 1.30. The summed E-state index contributed by atoms with van der Waals surface area (Å²) in [6, 6.07) is 21.5. The van der Waals surface area contributed by atoms with Crippen LogP contribution in [0.3, 0.4) is 0 Å². The van der Waals surface area contributed by atoms with Crippen molar-refractivity contribution in [1.82, 2.24) is 5.32 Å². The van der Waals surface area contributed by atoms with Crippen LogP contribution in [-0.4, -0.2) is 25.7 Å². The second-order valence-electron chi connectivity index (χ2n) is 7.77. The minimum atomic E-state index is -0.565. The standard InChI is InChI=1S/C27H28FNO4/c1-19(26(30)32-2)21-14-15-24(25(28)18-21)22-12-8-13-23(17-22)33-27(31)29-16-7-6-11-20-9-4-3-5-10-20/h3-5,8-10,12-15,17-19H,6-7,11,16H2,1-2H3,(H,29,31). The molecule has 0 saturated heterocycles. The number of esters is 1. The number of nitrogens with one attached hydrogen (secondary N) is 1. The third kappa shape index (κ3) is 6.91. The molecular weight excluding hydrogens is 421 g/mol. The lowest BCUT2D eigenvalue weighted by Gasteiger charge is -2.12. The van der Waals surface area contributed by atoms with Gasteiger partial charge < -0.3 is 14.8 Å². The van der Waals surface area contributed by atoms with Crippen LogP contribution in [-0.2, 0) is 16.0 Å². The monoisotopic (exact) mass is 449 g/mol. The lowest BCUT2D eigenvalue weighted by molar-refractivity contribution is -0.141. The number of hydrogen-bond donors (Lipinski definition) is 1. The molecule has 3 aromatic rings. The minimum Gasteiger partial charge on any atom is -0.469 e. The fourth-order valence-corrected chi connectivity index (χ4v) is 3.51. The van der Waals surface area contributed by atoms with Crippen LogP contribution in [0.2, 0.25) is 0 Å². The molecule has 0 fully saturated rings. The third-order valence-corrected chi connectivity index (χ3v) is 5.41. The minimum absolute atomic E-state index is 0.320. The molecule has 0 radical (unpaired) electrons. The van der Waals surface area contributed by atoms with Gasteiger partial charge in [-0.15, -0.1) is 0 Å². The van der Waals surface area contributed by atoms with Gasteiger partial charge in [0.05, 0.1) is 13.0 Å². The highest BCUT2D eigenvalue weighted by Crippen LogP contribution is 2.29. The van der Waals surface area contributed by atoms with Crippen molar-refractivity contribution < 1.29 is 23.5 Å². The Morgan fingerprint density at radius 3 is 2.48 bits per heavy atom. The Kier molecular flexibility index (Phi) is 8.58. The van der Waals surface area contributed by atoms with Crippen molar-refractivity contribution in [3.8, 4) is 16.9 Å². The highest BCUT2D eigenvalue weighted by molar-refractivity contribution is 5.78. The zero-order chi connectivity index (χ0) is 23.6. The van der Waals surface area contributed by atoms with Gasteiger partial charge >= 0.3 is 12.1 Å². The maximum atomic E-state index is 14.7. The van der Waals surface area contributed by atoms with Crippen LogP contribution >= 0.6 is 0 Å². The molecule has 0 aliphatic heterocycles. The quantitative estimate of drug-likeness (QED) is 0.327. The topological polar surface area (TPSA) is 64.6 Å². The van der Waals surface area contributed by atoms with Crippen LogP contribution in [0, 0.1) is 5.82 Å². The highest BCUT2D eigenvalue weighted by Gasteiger charge is 2.18. The molecule has 172 valence electrons. The number of benzene rings is 3. The van der Waals surface area contributed by atoms with E-state index >= 15 is 0 Å². The zero-order valence-electron chi connectivity index (χ0n) is 18.8. The number of rotatable bonds is 9. The van der Waals surface area contributed by atoms with E-state index in [4.69, 9.17) is 9.47 Å². The number of unbranched alkanes of at least 4 members (excludes halogenated alkanes) is 1. The van der Waals surface area contributed by atoms with Crippen molar-refractivity contribution in [1.29, 1.82) is 0 Å². The summed E-state index contributed by atoms with van der Waals surface area (Å²) in [6.45, 7) is 2.18. The third-order valence-electron chi connectivity index (χ3n) is 5.41. The maximum Gasteiger partial charge on any atom is 0.412 e. The van der Waals surface area contributed by atoms with Crippen LogP contribution in [0.4, 0.5) is 9.18 Å². The van der Waals surface area contributed by atoms with E-state index in [1.165, 1.54) is 18.7 Å². The summed E-state index contributed by atoms with van der Waals surface area (Å²) < 4.78 is 24.8. The Labute approximate surface area is 193 Å². The summed E-state index contributed by atoms with van der Waals surface area (Å²) in [5.41, 5.74) is 2.72. The molecule has 33 heavy (non-hydrogen) atoms. The molecule has 0 saturated carbocycles. The van der Waals surface area contributed by atoms with Gasteiger partial charge in [-0.25, -0.2) is 9.18 Å². The van der Waals surface area contributed by atoms with Gasteiger partial charge in [-0.05, 0) is 61.1 Å². The first-order chi connectivity index (χ1) is 16.0. The molecule has 1 N–H and O–H groups in total. The van der Waals surface area contributed by atoms with Crippen LogP contribution in [0.1, 0.15) is 36.8 Å². The molecule has 3 aromatic carbocycles. The van der Waals surface area contributed by atoms with E-state index < -0.39 is 23.8 Å². The highest BCUT2D eigenvalue weighted by atomic mass is 19.1. The molecular formula is C27H28FNO4. The first-order valence-electron chi connectivity index (χ1n) is 10.9. The Hall–Kier alpha value is -3.67. The van der Waals surface area contributed by atoms with Crippen molar-refractivity contribution in [2.45, 2.75) is 32.1 Å². The Bertz CT molecular complexity index is 1080. The number of halogens is 1. The summed E-state index contributed by atoms with van der Waals surface area (Å²) in [4.78, 5) is 23.8. The van der Waals surface area contributed by atoms with Crippen LogP contribution in [0.5, 0.6) is 5.75 Å². The Balaban J connectivity index is 1.54. The predicted octanol–water partition coefficient (Wildman–Crippen LogP) is 5.88. The van der Waals surface area contributed by atoms with Crippen LogP contribution in [0.25, 0.3) is 11.1 Å². The summed E-state index contributed by atoms with van der Waals surface area (Å²) >= 11 is 0. The molecule has 1 amide bonds. The zero-order valence-corrected chi connectivity index (χ0v) is 18.8. The fourth-order valence-electron chi connectivity index (χ4n) is 3.51. The van der Waals surface area contributed by atoms with Crippen molar-refractivity contribution in [2.24, 2.45) is 0 Å². The van der Waals surface area contributed by atoms with E-state index in [0.717, 1.165) is 19.3 Å². The van der Waals surface area contributed by atoms with Crippen molar-refractivity contribution in [2.75, 3.05) is 13.7 Å². The number of carbonyl (C=O) groups is 2.